The fourth-order valence-electron chi connectivity index (χ4n) is 3.19. The summed E-state index contributed by atoms with van der Waals surface area (Å²) in [5.74, 6) is 0.252. The van der Waals surface area contributed by atoms with Crippen LogP contribution in [0.25, 0.3) is 0 Å². The van der Waals surface area contributed by atoms with E-state index < -0.39 is 6.23 Å². The highest BCUT2D eigenvalue weighted by molar-refractivity contribution is 4.58. The number of hydrogen-bond donors (Lipinski definition) is 2. The first-order valence-corrected chi connectivity index (χ1v) is 10.6. The molecular formula is C21H45NO. The van der Waals surface area contributed by atoms with E-state index in [-0.39, 0.29) is 5.92 Å². The average Bonchev–Trinajstić information content (AvgIpc) is 2.54. The second-order valence-electron chi connectivity index (χ2n) is 7.56. The van der Waals surface area contributed by atoms with Crippen molar-refractivity contribution in [3.8, 4) is 0 Å². The normalized spacial score (nSPS) is 14.1. The molecule has 0 aliphatic heterocycles. The molecule has 0 aromatic carbocycles. The standard InChI is InChI=1S/C21H45NO/c1-3-4-5-6-7-8-9-10-11-12-13-14-15-16-17-18-19-20(2)21(22)23/h20-21,23H,3-19,22H2,1-2H3. The maximum Gasteiger partial charge on any atom is 0.104 e. The molecule has 2 atom stereocenters. The van der Waals surface area contributed by atoms with E-state index in [1.54, 1.807) is 0 Å². The Balaban J connectivity index is 3.03. The van der Waals surface area contributed by atoms with E-state index in [1.807, 2.05) is 6.92 Å². The second kappa shape index (κ2) is 18.3. The molecule has 2 heteroatoms. The summed E-state index contributed by atoms with van der Waals surface area (Å²) in [6.45, 7) is 4.32. The van der Waals surface area contributed by atoms with Crippen molar-refractivity contribution in [3.05, 3.63) is 0 Å². The van der Waals surface area contributed by atoms with E-state index in [4.69, 9.17) is 5.73 Å². The van der Waals surface area contributed by atoms with Crippen molar-refractivity contribution in [1.29, 1.82) is 0 Å². The van der Waals surface area contributed by atoms with Crippen molar-refractivity contribution in [2.45, 2.75) is 129 Å². The maximum atomic E-state index is 9.22. The smallest absolute Gasteiger partial charge is 0.104 e. The summed E-state index contributed by atoms with van der Waals surface area (Å²) in [5.41, 5.74) is 5.46. The first-order chi connectivity index (χ1) is 11.2. The fourth-order valence-corrected chi connectivity index (χ4v) is 3.19. The minimum Gasteiger partial charge on any atom is -0.379 e. The van der Waals surface area contributed by atoms with Gasteiger partial charge in [0.1, 0.15) is 6.23 Å². The van der Waals surface area contributed by atoms with Gasteiger partial charge in [0, 0.05) is 0 Å². The Labute approximate surface area is 146 Å². The Morgan fingerprint density at radius 1 is 0.609 bits per heavy atom. The summed E-state index contributed by atoms with van der Waals surface area (Å²) >= 11 is 0. The zero-order valence-electron chi connectivity index (χ0n) is 16.2. The highest BCUT2D eigenvalue weighted by Crippen LogP contribution is 2.15. The molecule has 0 aromatic rings. The minimum absolute atomic E-state index is 0.252. The molecule has 0 aromatic heterocycles. The van der Waals surface area contributed by atoms with Gasteiger partial charge < -0.3 is 10.8 Å². The molecule has 2 nitrogen and oxygen atoms in total. The molecule has 0 saturated carbocycles. The zero-order valence-corrected chi connectivity index (χ0v) is 16.2. The van der Waals surface area contributed by atoms with Crippen molar-refractivity contribution < 1.29 is 5.11 Å². The Morgan fingerprint density at radius 2 is 0.913 bits per heavy atom. The van der Waals surface area contributed by atoms with Gasteiger partial charge in [-0.3, -0.25) is 0 Å². The number of nitrogens with two attached hydrogens (primary N) is 1. The zero-order chi connectivity index (χ0) is 17.2. The van der Waals surface area contributed by atoms with Gasteiger partial charge >= 0.3 is 0 Å². The molecule has 23 heavy (non-hydrogen) atoms. The highest BCUT2D eigenvalue weighted by Gasteiger charge is 2.07. The van der Waals surface area contributed by atoms with Crippen LogP contribution in [0.5, 0.6) is 0 Å². The quantitative estimate of drug-likeness (QED) is 0.221. The average molecular weight is 328 g/mol. The van der Waals surface area contributed by atoms with Crippen LogP contribution in [-0.2, 0) is 0 Å². The largest absolute Gasteiger partial charge is 0.379 e. The topological polar surface area (TPSA) is 46.2 Å². The number of hydrogen-bond acceptors (Lipinski definition) is 2. The molecule has 0 rings (SSSR count). The van der Waals surface area contributed by atoms with Gasteiger partial charge in [0.15, 0.2) is 0 Å². The molecule has 0 spiro atoms. The van der Waals surface area contributed by atoms with E-state index >= 15 is 0 Å². The van der Waals surface area contributed by atoms with Gasteiger partial charge in [-0.2, -0.15) is 0 Å². The number of rotatable bonds is 18. The van der Waals surface area contributed by atoms with Crippen LogP contribution in [-0.4, -0.2) is 11.3 Å². The predicted octanol–water partition coefficient (Wildman–Crippen LogP) is 6.55. The molecule has 140 valence electrons. The van der Waals surface area contributed by atoms with Crippen LogP contribution in [0, 0.1) is 5.92 Å². The molecule has 0 fully saturated rings. The van der Waals surface area contributed by atoms with Crippen LogP contribution in [0.3, 0.4) is 0 Å². The lowest BCUT2D eigenvalue weighted by Gasteiger charge is -2.13. The summed E-state index contributed by atoms with van der Waals surface area (Å²) in [5, 5.41) is 9.22. The van der Waals surface area contributed by atoms with Gasteiger partial charge in [-0.1, -0.05) is 117 Å². The van der Waals surface area contributed by atoms with Crippen molar-refractivity contribution in [3.63, 3.8) is 0 Å². The molecule has 0 bridgehead atoms. The number of aliphatic hydroxyl groups excluding tert-OH is 1. The van der Waals surface area contributed by atoms with Crippen molar-refractivity contribution in [2.24, 2.45) is 11.7 Å². The highest BCUT2D eigenvalue weighted by atomic mass is 16.3. The number of aliphatic hydroxyl groups is 1. The maximum absolute atomic E-state index is 9.22. The Bertz CT molecular complexity index is 218. The van der Waals surface area contributed by atoms with E-state index in [2.05, 4.69) is 6.92 Å². The Kier molecular flexibility index (Phi) is 18.2. The van der Waals surface area contributed by atoms with Crippen LogP contribution < -0.4 is 5.73 Å². The van der Waals surface area contributed by atoms with Crippen LogP contribution >= 0.6 is 0 Å². The fraction of sp³-hybridized carbons (Fsp3) is 1.00. The van der Waals surface area contributed by atoms with Gasteiger partial charge in [-0.15, -0.1) is 0 Å². The predicted molar refractivity (Wildman–Crippen MR) is 104 cm³/mol. The third-order valence-electron chi connectivity index (χ3n) is 5.10. The van der Waals surface area contributed by atoms with E-state index in [0.29, 0.717) is 0 Å². The summed E-state index contributed by atoms with van der Waals surface area (Å²) in [4.78, 5) is 0. The first kappa shape index (κ1) is 22.9. The van der Waals surface area contributed by atoms with Gasteiger partial charge in [0.25, 0.3) is 0 Å². The van der Waals surface area contributed by atoms with Crippen LogP contribution in [0.2, 0.25) is 0 Å². The summed E-state index contributed by atoms with van der Waals surface area (Å²) in [7, 11) is 0. The third kappa shape index (κ3) is 18.1. The van der Waals surface area contributed by atoms with E-state index in [9.17, 15) is 5.11 Å². The second-order valence-corrected chi connectivity index (χ2v) is 7.56. The molecular weight excluding hydrogens is 282 g/mol. The number of unbranched alkanes of at least 4 members (excludes halogenated alkanes) is 15. The van der Waals surface area contributed by atoms with Crippen LogP contribution in [0.1, 0.15) is 123 Å². The first-order valence-electron chi connectivity index (χ1n) is 10.6. The van der Waals surface area contributed by atoms with E-state index in [1.165, 1.54) is 103 Å². The SMILES string of the molecule is CCCCCCCCCCCCCCCCCCC(C)C(N)O. The monoisotopic (exact) mass is 327 g/mol. The molecule has 0 heterocycles. The van der Waals surface area contributed by atoms with Gasteiger partial charge in [0.05, 0.1) is 0 Å². The molecule has 3 N–H and O–H groups in total. The van der Waals surface area contributed by atoms with Crippen molar-refractivity contribution in [1.82, 2.24) is 0 Å². The molecule has 0 aliphatic rings. The van der Waals surface area contributed by atoms with Crippen molar-refractivity contribution >= 4 is 0 Å². The van der Waals surface area contributed by atoms with Gasteiger partial charge in [0.2, 0.25) is 0 Å². The van der Waals surface area contributed by atoms with E-state index in [0.717, 1.165) is 6.42 Å². The molecule has 0 aliphatic carbocycles. The van der Waals surface area contributed by atoms with Gasteiger partial charge in [-0.05, 0) is 12.3 Å². The van der Waals surface area contributed by atoms with Crippen LogP contribution in [0.4, 0.5) is 0 Å². The summed E-state index contributed by atoms with van der Waals surface area (Å²) in [6.07, 6.45) is 22.9. The summed E-state index contributed by atoms with van der Waals surface area (Å²) < 4.78 is 0. The van der Waals surface area contributed by atoms with Crippen molar-refractivity contribution in [2.75, 3.05) is 0 Å². The molecule has 0 amide bonds. The van der Waals surface area contributed by atoms with Crippen LogP contribution in [0.15, 0.2) is 0 Å². The lowest BCUT2D eigenvalue weighted by molar-refractivity contribution is 0.117. The molecule has 0 saturated heterocycles. The Hall–Kier alpha value is -0.0800. The molecule has 2 unspecified atom stereocenters. The molecule has 0 radical (unpaired) electrons. The minimum atomic E-state index is -0.633. The summed E-state index contributed by atoms with van der Waals surface area (Å²) in [6, 6.07) is 0. The Morgan fingerprint density at radius 3 is 1.22 bits per heavy atom. The third-order valence-corrected chi connectivity index (χ3v) is 5.10. The lowest BCUT2D eigenvalue weighted by Crippen LogP contribution is -2.27. The van der Waals surface area contributed by atoms with Gasteiger partial charge in [-0.25, -0.2) is 0 Å². The lowest BCUT2D eigenvalue weighted by atomic mass is 10.00.